The summed E-state index contributed by atoms with van der Waals surface area (Å²) in [5, 5.41) is 0. The molecule has 7 heteroatoms. The van der Waals surface area contributed by atoms with E-state index in [1.807, 2.05) is 54.3 Å². The summed E-state index contributed by atoms with van der Waals surface area (Å²) in [5.74, 6) is 2.70. The fourth-order valence-electron chi connectivity index (χ4n) is 4.11. The van der Waals surface area contributed by atoms with Gasteiger partial charge in [-0.15, -0.1) is 0 Å². The zero-order valence-corrected chi connectivity index (χ0v) is 19.4. The zero-order chi connectivity index (χ0) is 23.2. The molecule has 2 heterocycles. The molecule has 1 atom stereocenters. The van der Waals surface area contributed by atoms with Gasteiger partial charge in [0.25, 0.3) is 0 Å². The number of nitrogens with zero attached hydrogens (tertiary/aromatic N) is 4. The summed E-state index contributed by atoms with van der Waals surface area (Å²) in [6, 6.07) is 17.8. The number of carbonyl (C=O) groups excluding carboxylic acids is 1. The van der Waals surface area contributed by atoms with E-state index in [4.69, 9.17) is 9.47 Å². The van der Waals surface area contributed by atoms with Crippen molar-refractivity contribution in [2.45, 2.75) is 32.7 Å². The molecule has 3 aromatic rings. The third kappa shape index (κ3) is 5.61. The zero-order valence-electron chi connectivity index (χ0n) is 19.4. The van der Waals surface area contributed by atoms with Crippen LogP contribution in [0.25, 0.3) is 0 Å². The molecule has 0 bridgehead atoms. The lowest BCUT2D eigenvalue weighted by molar-refractivity contribution is -0.133. The molecule has 0 saturated carbocycles. The van der Waals surface area contributed by atoms with Crippen LogP contribution < -0.4 is 14.4 Å². The Hall–Kier alpha value is -3.61. The van der Waals surface area contributed by atoms with E-state index < -0.39 is 0 Å². The number of aryl methyl sites for hydroxylation is 2. The molecule has 1 amide bonds. The molecule has 4 rings (SSSR count). The van der Waals surface area contributed by atoms with Crippen LogP contribution >= 0.6 is 0 Å². The molecular weight excluding hydrogens is 416 g/mol. The van der Waals surface area contributed by atoms with Crippen LogP contribution in [0.15, 0.2) is 60.9 Å². The van der Waals surface area contributed by atoms with Gasteiger partial charge < -0.3 is 19.3 Å². The average molecular weight is 447 g/mol. The molecule has 0 N–H and O–H groups in total. The Bertz CT molecular complexity index is 1090. The second kappa shape index (κ2) is 10.3. The summed E-state index contributed by atoms with van der Waals surface area (Å²) in [6.45, 7) is 6.18. The van der Waals surface area contributed by atoms with Crippen molar-refractivity contribution in [3.8, 4) is 17.4 Å². The van der Waals surface area contributed by atoms with Crippen LogP contribution in [0.4, 0.5) is 5.82 Å². The maximum Gasteiger partial charge on any atom is 0.224 e. The maximum absolute atomic E-state index is 12.8. The third-order valence-corrected chi connectivity index (χ3v) is 5.90. The van der Waals surface area contributed by atoms with Gasteiger partial charge in [0.05, 0.1) is 7.11 Å². The van der Waals surface area contributed by atoms with Crippen LogP contribution in [0.1, 0.15) is 24.5 Å². The Morgan fingerprint density at radius 2 is 1.88 bits per heavy atom. The predicted octanol–water partition coefficient (Wildman–Crippen LogP) is 4.26. The number of hydrogen-bond acceptors (Lipinski definition) is 6. The predicted molar refractivity (Wildman–Crippen MR) is 128 cm³/mol. The minimum absolute atomic E-state index is 0.0959. The molecule has 7 nitrogen and oxygen atoms in total. The highest BCUT2D eigenvalue weighted by Crippen LogP contribution is 2.32. The van der Waals surface area contributed by atoms with Crippen LogP contribution in [0.3, 0.4) is 0 Å². The van der Waals surface area contributed by atoms with Gasteiger partial charge in [0.2, 0.25) is 11.8 Å². The first-order chi connectivity index (χ1) is 16.0. The summed E-state index contributed by atoms with van der Waals surface area (Å²) < 4.78 is 11.4. The number of ether oxygens (including phenoxy) is 2. The van der Waals surface area contributed by atoms with Gasteiger partial charge in [-0.25, -0.2) is 9.97 Å². The number of carbonyl (C=O) groups is 1. The molecule has 33 heavy (non-hydrogen) atoms. The fraction of sp³-hybridized carbons (Fsp3) is 0.346. The first-order valence-electron chi connectivity index (χ1n) is 11.3. The van der Waals surface area contributed by atoms with Crippen LogP contribution in [-0.4, -0.2) is 53.6 Å². The highest BCUT2D eigenvalue weighted by Gasteiger charge is 2.28. The van der Waals surface area contributed by atoms with E-state index in [0.717, 1.165) is 17.8 Å². The van der Waals surface area contributed by atoms with Gasteiger partial charge in [-0.1, -0.05) is 36.4 Å². The first-order valence-corrected chi connectivity index (χ1v) is 11.3. The Morgan fingerprint density at radius 1 is 1.06 bits per heavy atom. The second-order valence-corrected chi connectivity index (χ2v) is 8.34. The van der Waals surface area contributed by atoms with Crippen molar-refractivity contribution in [2.75, 3.05) is 31.6 Å². The lowest BCUT2D eigenvalue weighted by atomic mass is 10.1. The first kappa shape index (κ1) is 22.6. The molecule has 1 saturated heterocycles. The summed E-state index contributed by atoms with van der Waals surface area (Å²) in [4.78, 5) is 25.7. The topological polar surface area (TPSA) is 67.8 Å². The van der Waals surface area contributed by atoms with Crippen LogP contribution in [0, 0.1) is 6.92 Å². The van der Waals surface area contributed by atoms with Crippen LogP contribution in [0.2, 0.25) is 0 Å². The number of rotatable bonds is 7. The molecule has 1 aliphatic heterocycles. The van der Waals surface area contributed by atoms with Gasteiger partial charge >= 0.3 is 0 Å². The van der Waals surface area contributed by atoms with Crippen molar-refractivity contribution < 1.29 is 14.3 Å². The minimum Gasteiger partial charge on any atom is -0.493 e. The molecule has 1 aliphatic rings. The fourth-order valence-corrected chi connectivity index (χ4v) is 4.11. The van der Waals surface area contributed by atoms with Gasteiger partial charge in [-0.3, -0.25) is 4.79 Å². The Balaban J connectivity index is 1.37. The highest BCUT2D eigenvalue weighted by molar-refractivity contribution is 5.77. The van der Waals surface area contributed by atoms with Crippen molar-refractivity contribution in [1.29, 1.82) is 0 Å². The lowest BCUT2D eigenvalue weighted by Gasteiger charge is -2.40. The molecule has 0 unspecified atom stereocenters. The molecule has 0 aliphatic carbocycles. The lowest BCUT2D eigenvalue weighted by Crippen LogP contribution is -2.54. The van der Waals surface area contributed by atoms with Crippen molar-refractivity contribution >= 4 is 11.7 Å². The van der Waals surface area contributed by atoms with Crippen molar-refractivity contribution in [3.05, 3.63) is 72.1 Å². The molecule has 1 fully saturated rings. The quantitative estimate of drug-likeness (QED) is 0.540. The number of aromatic nitrogens is 2. The van der Waals surface area contributed by atoms with Gasteiger partial charge in [0, 0.05) is 38.2 Å². The average Bonchev–Trinajstić information content (AvgIpc) is 2.84. The maximum atomic E-state index is 12.8. The van der Waals surface area contributed by atoms with Crippen LogP contribution in [0.5, 0.6) is 17.4 Å². The Kier molecular flexibility index (Phi) is 7.07. The minimum atomic E-state index is 0.0959. The summed E-state index contributed by atoms with van der Waals surface area (Å²) in [6.07, 6.45) is 2.80. The number of piperazine rings is 1. The van der Waals surface area contributed by atoms with E-state index in [1.165, 1.54) is 11.9 Å². The van der Waals surface area contributed by atoms with E-state index in [0.29, 0.717) is 43.4 Å². The Labute approximate surface area is 195 Å². The SMILES string of the molecule is COc1cc(C)ccc1Oc1cc(N2CCN(C(=O)CCc3ccccc3)[C@H](C)C2)ncn1. The Morgan fingerprint density at radius 3 is 2.64 bits per heavy atom. The van der Waals surface area contributed by atoms with E-state index in [2.05, 4.69) is 33.9 Å². The van der Waals surface area contributed by atoms with E-state index in [1.54, 1.807) is 7.11 Å². The number of methoxy groups -OCH3 is 1. The van der Waals surface area contributed by atoms with Gasteiger partial charge in [0.15, 0.2) is 11.5 Å². The summed E-state index contributed by atoms with van der Waals surface area (Å²) in [7, 11) is 1.62. The highest BCUT2D eigenvalue weighted by atomic mass is 16.5. The van der Waals surface area contributed by atoms with Crippen molar-refractivity contribution in [2.24, 2.45) is 0 Å². The van der Waals surface area contributed by atoms with E-state index in [9.17, 15) is 4.79 Å². The van der Waals surface area contributed by atoms with Crippen molar-refractivity contribution in [3.63, 3.8) is 0 Å². The van der Waals surface area contributed by atoms with E-state index >= 15 is 0 Å². The summed E-state index contributed by atoms with van der Waals surface area (Å²) >= 11 is 0. The normalized spacial score (nSPS) is 15.9. The van der Waals surface area contributed by atoms with Gasteiger partial charge in [-0.05, 0) is 43.5 Å². The number of amides is 1. The molecule has 1 aromatic heterocycles. The molecule has 2 aromatic carbocycles. The van der Waals surface area contributed by atoms with Crippen LogP contribution in [-0.2, 0) is 11.2 Å². The number of benzene rings is 2. The largest absolute Gasteiger partial charge is 0.493 e. The summed E-state index contributed by atoms with van der Waals surface area (Å²) in [5.41, 5.74) is 2.28. The number of anilines is 1. The molecular formula is C26H30N4O3. The smallest absolute Gasteiger partial charge is 0.224 e. The number of hydrogen-bond donors (Lipinski definition) is 0. The monoisotopic (exact) mass is 446 g/mol. The molecule has 0 radical (unpaired) electrons. The van der Waals surface area contributed by atoms with Gasteiger partial charge in [-0.2, -0.15) is 0 Å². The molecule has 172 valence electrons. The third-order valence-electron chi connectivity index (χ3n) is 5.90. The van der Waals surface area contributed by atoms with Crippen molar-refractivity contribution in [1.82, 2.24) is 14.9 Å². The van der Waals surface area contributed by atoms with Gasteiger partial charge in [0.1, 0.15) is 12.1 Å². The molecule has 0 spiro atoms. The standard InChI is InChI=1S/C26H30N4O3/c1-19-9-11-22(23(15-19)32-3)33-25-16-24(27-18-28-25)29-13-14-30(20(2)17-29)26(31)12-10-21-7-5-4-6-8-21/h4-9,11,15-16,18,20H,10,12-14,17H2,1-3H3/t20-/m1/s1. The van der Waals surface area contributed by atoms with E-state index in [-0.39, 0.29) is 11.9 Å². The second-order valence-electron chi connectivity index (χ2n) is 8.34.